The molecule has 0 aliphatic rings. The van der Waals surface area contributed by atoms with Crippen molar-refractivity contribution in [3.8, 4) is 21.8 Å². The highest BCUT2D eigenvalue weighted by molar-refractivity contribution is 7.14. The van der Waals surface area contributed by atoms with E-state index in [-0.39, 0.29) is 12.3 Å². The van der Waals surface area contributed by atoms with E-state index in [1.165, 1.54) is 22.7 Å². The number of amides is 2. The normalized spacial score (nSPS) is 10.8. The third kappa shape index (κ3) is 4.37. The summed E-state index contributed by atoms with van der Waals surface area (Å²) >= 11 is 8.94. The van der Waals surface area contributed by atoms with E-state index >= 15 is 0 Å². The minimum atomic E-state index is -0.542. The number of carbonyl (C=O) groups excluding carboxylic acids is 2. The van der Waals surface area contributed by atoms with Crippen LogP contribution >= 0.6 is 34.3 Å². The van der Waals surface area contributed by atoms with E-state index in [0.29, 0.717) is 27.2 Å². The summed E-state index contributed by atoms with van der Waals surface area (Å²) in [6.45, 7) is 0. The zero-order valence-corrected chi connectivity index (χ0v) is 17.2. The molecule has 0 bridgehead atoms. The first-order valence-electron chi connectivity index (χ1n) is 8.43. The lowest BCUT2D eigenvalue weighted by atomic mass is 10.2. The molecule has 0 unspecified atom stereocenters. The van der Waals surface area contributed by atoms with Gasteiger partial charge in [-0.2, -0.15) is 0 Å². The topological polar surface area (TPSA) is 114 Å². The molecule has 4 aromatic rings. The van der Waals surface area contributed by atoms with Gasteiger partial charge in [0.25, 0.3) is 5.91 Å². The van der Waals surface area contributed by atoms with Crippen LogP contribution in [0.1, 0.15) is 16.2 Å². The van der Waals surface area contributed by atoms with Crippen molar-refractivity contribution in [1.29, 1.82) is 0 Å². The van der Waals surface area contributed by atoms with Gasteiger partial charge in [0.2, 0.25) is 5.91 Å². The zero-order valence-electron chi connectivity index (χ0n) is 14.8. The van der Waals surface area contributed by atoms with Gasteiger partial charge >= 0.3 is 0 Å². The van der Waals surface area contributed by atoms with Crippen LogP contribution in [0.2, 0.25) is 5.02 Å². The third-order valence-corrected chi connectivity index (χ3v) is 6.00. The molecule has 0 spiro atoms. The maximum Gasteiger partial charge on any atom is 0.265 e. The Morgan fingerprint density at radius 3 is 2.76 bits per heavy atom. The van der Waals surface area contributed by atoms with Crippen LogP contribution in [0.5, 0.6) is 0 Å². The predicted molar refractivity (Wildman–Crippen MR) is 115 cm³/mol. The summed E-state index contributed by atoms with van der Waals surface area (Å²) in [5, 5.41) is 8.27. The van der Waals surface area contributed by atoms with E-state index in [1.54, 1.807) is 17.6 Å². The van der Waals surface area contributed by atoms with Crippen LogP contribution in [0.4, 0.5) is 5.13 Å². The zero-order chi connectivity index (χ0) is 20.4. The average molecular weight is 444 g/mol. The van der Waals surface area contributed by atoms with E-state index < -0.39 is 5.91 Å². The number of nitrogens with zero attached hydrogens (tertiary/aromatic N) is 2. The van der Waals surface area contributed by atoms with Gasteiger partial charge < -0.3 is 16.0 Å². The minimum Gasteiger partial charge on any atom is -0.364 e. The fraction of sp³-hybridized carbons (Fsp3) is 0.0526. The molecule has 10 heteroatoms. The van der Waals surface area contributed by atoms with Gasteiger partial charge in [-0.15, -0.1) is 22.7 Å². The van der Waals surface area contributed by atoms with Crippen molar-refractivity contribution >= 4 is 51.2 Å². The fourth-order valence-corrected chi connectivity index (χ4v) is 4.50. The van der Waals surface area contributed by atoms with Gasteiger partial charge in [0.1, 0.15) is 10.7 Å². The van der Waals surface area contributed by atoms with E-state index in [2.05, 4.69) is 20.3 Å². The molecule has 4 rings (SSSR count). The van der Waals surface area contributed by atoms with E-state index in [1.807, 2.05) is 29.6 Å². The molecule has 3 heterocycles. The van der Waals surface area contributed by atoms with Gasteiger partial charge in [-0.3, -0.25) is 9.59 Å². The molecule has 29 heavy (non-hydrogen) atoms. The molecule has 0 aliphatic heterocycles. The van der Waals surface area contributed by atoms with Gasteiger partial charge in [-0.25, -0.2) is 9.97 Å². The van der Waals surface area contributed by atoms with Gasteiger partial charge in [0.15, 0.2) is 5.13 Å². The number of thiazole rings is 2. The monoisotopic (exact) mass is 443 g/mol. The first-order chi connectivity index (χ1) is 14.0. The van der Waals surface area contributed by atoms with Crippen molar-refractivity contribution < 1.29 is 9.59 Å². The first kappa shape index (κ1) is 19.3. The Morgan fingerprint density at radius 1 is 1.17 bits per heavy atom. The molecule has 0 atom stereocenters. The highest BCUT2D eigenvalue weighted by atomic mass is 35.5. The lowest BCUT2D eigenvalue weighted by Gasteiger charge is -2.00. The summed E-state index contributed by atoms with van der Waals surface area (Å²) in [7, 11) is 0. The van der Waals surface area contributed by atoms with Crippen LogP contribution in [0, 0.1) is 0 Å². The molecular formula is C19H14ClN5O2S2. The van der Waals surface area contributed by atoms with Crippen molar-refractivity contribution in [3.05, 3.63) is 63.7 Å². The Bertz CT molecular complexity index is 1200. The van der Waals surface area contributed by atoms with Crippen molar-refractivity contribution in [2.45, 2.75) is 6.42 Å². The highest BCUT2D eigenvalue weighted by Gasteiger charge is 2.14. The van der Waals surface area contributed by atoms with Crippen molar-refractivity contribution in [2.75, 3.05) is 5.32 Å². The number of nitrogens with two attached hydrogens (primary N) is 1. The second kappa shape index (κ2) is 8.16. The molecule has 7 nitrogen and oxygen atoms in total. The van der Waals surface area contributed by atoms with Crippen LogP contribution in [-0.4, -0.2) is 26.8 Å². The second-order valence-corrected chi connectivity index (χ2v) is 8.18. The van der Waals surface area contributed by atoms with Gasteiger partial charge in [0, 0.05) is 28.1 Å². The highest BCUT2D eigenvalue weighted by Crippen LogP contribution is 2.30. The first-order valence-corrected chi connectivity index (χ1v) is 10.6. The Hall–Kier alpha value is -3.01. The van der Waals surface area contributed by atoms with Crippen LogP contribution in [-0.2, 0) is 11.2 Å². The number of hydrogen-bond donors (Lipinski definition) is 3. The molecule has 0 aliphatic carbocycles. The minimum absolute atomic E-state index is 0.131. The Morgan fingerprint density at radius 2 is 2.00 bits per heavy atom. The number of halogens is 1. The molecular weight excluding hydrogens is 430 g/mol. The number of carbonyl (C=O) groups is 2. The molecule has 2 amide bonds. The SMILES string of the molecule is NC(=O)c1cc(-c2csc(NC(=O)Cc3csc(-c4ccccc4Cl)n3)n2)c[nH]1. The maximum absolute atomic E-state index is 12.4. The lowest BCUT2D eigenvalue weighted by Crippen LogP contribution is -2.14. The third-order valence-electron chi connectivity index (χ3n) is 3.99. The predicted octanol–water partition coefficient (Wildman–Crippen LogP) is 4.20. The number of rotatable bonds is 6. The maximum atomic E-state index is 12.4. The Kier molecular flexibility index (Phi) is 5.43. The average Bonchev–Trinajstić information content (AvgIpc) is 3.42. The molecule has 146 valence electrons. The number of aromatic nitrogens is 3. The van der Waals surface area contributed by atoms with Crippen LogP contribution in [0.3, 0.4) is 0 Å². The summed E-state index contributed by atoms with van der Waals surface area (Å²) in [4.78, 5) is 35.2. The molecule has 0 radical (unpaired) electrons. The number of benzene rings is 1. The molecule has 1 aromatic carbocycles. The fourth-order valence-electron chi connectivity index (χ4n) is 2.62. The van der Waals surface area contributed by atoms with Crippen LogP contribution in [0.15, 0.2) is 47.3 Å². The van der Waals surface area contributed by atoms with E-state index in [4.69, 9.17) is 17.3 Å². The van der Waals surface area contributed by atoms with Crippen molar-refractivity contribution in [3.63, 3.8) is 0 Å². The largest absolute Gasteiger partial charge is 0.364 e. The number of anilines is 1. The number of hydrogen-bond acceptors (Lipinski definition) is 6. The van der Waals surface area contributed by atoms with Crippen molar-refractivity contribution in [2.24, 2.45) is 5.73 Å². The summed E-state index contributed by atoms with van der Waals surface area (Å²) in [6.07, 6.45) is 1.78. The van der Waals surface area contributed by atoms with Gasteiger partial charge in [0.05, 0.1) is 22.8 Å². The number of primary amides is 1. The van der Waals surface area contributed by atoms with E-state index in [0.717, 1.165) is 16.1 Å². The van der Waals surface area contributed by atoms with Gasteiger partial charge in [-0.05, 0) is 12.1 Å². The number of aromatic amines is 1. The van der Waals surface area contributed by atoms with Gasteiger partial charge in [-0.1, -0.05) is 29.8 Å². The molecule has 3 aromatic heterocycles. The quantitative estimate of drug-likeness (QED) is 0.414. The standard InChI is InChI=1S/C19H14ClN5O2S2/c20-13-4-2-1-3-12(13)18-23-11(8-28-18)6-16(26)25-19-24-15(9-29-19)10-5-14(17(21)27)22-7-10/h1-5,7-9,22H,6H2,(H2,21,27)(H,24,25,26). The Balaban J connectivity index is 1.41. The lowest BCUT2D eigenvalue weighted by molar-refractivity contribution is -0.115. The molecule has 4 N–H and O–H groups in total. The number of nitrogens with one attached hydrogen (secondary N) is 2. The van der Waals surface area contributed by atoms with E-state index in [9.17, 15) is 9.59 Å². The smallest absolute Gasteiger partial charge is 0.265 e. The summed E-state index contributed by atoms with van der Waals surface area (Å²) in [6, 6.07) is 9.08. The van der Waals surface area contributed by atoms with Crippen molar-refractivity contribution in [1.82, 2.24) is 15.0 Å². The van der Waals surface area contributed by atoms with Crippen LogP contribution in [0.25, 0.3) is 21.8 Å². The molecule has 0 fully saturated rings. The van der Waals surface area contributed by atoms with Crippen LogP contribution < -0.4 is 11.1 Å². The molecule has 0 saturated heterocycles. The summed E-state index contributed by atoms with van der Waals surface area (Å²) < 4.78 is 0. The number of H-pyrrole nitrogens is 1. The summed E-state index contributed by atoms with van der Waals surface area (Å²) in [5.74, 6) is -0.756. The second-order valence-electron chi connectivity index (χ2n) is 6.05. The molecule has 0 saturated carbocycles. The summed E-state index contributed by atoms with van der Waals surface area (Å²) in [5.41, 5.74) is 8.41. The Labute approximate surface area is 178 Å².